The second-order valence-electron chi connectivity index (χ2n) is 9.64. The summed E-state index contributed by atoms with van der Waals surface area (Å²) < 4.78 is 14.7. The fourth-order valence-electron chi connectivity index (χ4n) is 5.53. The highest BCUT2D eigenvalue weighted by Crippen LogP contribution is 2.61. The zero-order chi connectivity index (χ0) is 22.2. The number of halogens is 1. The topological polar surface area (TPSA) is 66.4 Å². The lowest BCUT2D eigenvalue weighted by Gasteiger charge is -2.62. The van der Waals surface area contributed by atoms with E-state index in [0.717, 1.165) is 30.4 Å². The molecule has 2 aromatic rings. The van der Waals surface area contributed by atoms with Crippen LogP contribution in [0.1, 0.15) is 62.7 Å². The van der Waals surface area contributed by atoms with Gasteiger partial charge in [0, 0.05) is 27.9 Å². The molecule has 0 unspecified atom stereocenters. The molecule has 0 saturated heterocycles. The molecule has 0 aliphatic heterocycles. The smallest absolute Gasteiger partial charge is 0.303 e. The highest BCUT2D eigenvalue weighted by Gasteiger charge is 2.57. The summed E-state index contributed by atoms with van der Waals surface area (Å²) >= 11 is 1.47. The quantitative estimate of drug-likeness (QED) is 0.387. The van der Waals surface area contributed by atoms with Crippen molar-refractivity contribution in [1.29, 1.82) is 0 Å². The molecule has 2 N–H and O–H groups in total. The predicted molar refractivity (Wildman–Crippen MR) is 122 cm³/mol. The number of rotatable bonds is 8. The summed E-state index contributed by atoms with van der Waals surface area (Å²) in [6, 6.07) is 4.70. The number of unbranched alkanes of at least 4 members (excludes halogenated alkanes) is 1. The van der Waals surface area contributed by atoms with Gasteiger partial charge in [0.2, 0.25) is 0 Å². The first-order valence-corrected chi connectivity index (χ1v) is 12.0. The zero-order valence-electron chi connectivity index (χ0n) is 18.1. The lowest BCUT2D eigenvalue weighted by molar-refractivity contribution is -0.137. The molecule has 3 fully saturated rings. The fourth-order valence-corrected chi connectivity index (χ4v) is 6.46. The van der Waals surface area contributed by atoms with Gasteiger partial charge < -0.3 is 10.4 Å². The van der Waals surface area contributed by atoms with Gasteiger partial charge in [-0.1, -0.05) is 26.0 Å². The van der Waals surface area contributed by atoms with Crippen molar-refractivity contribution in [2.45, 2.75) is 58.4 Å². The summed E-state index contributed by atoms with van der Waals surface area (Å²) in [6.45, 7) is 4.61. The number of hydrogen-bond donors (Lipinski definition) is 2. The molecule has 2 bridgehead atoms. The van der Waals surface area contributed by atoms with Gasteiger partial charge in [-0.3, -0.25) is 9.59 Å². The summed E-state index contributed by atoms with van der Waals surface area (Å²) in [5.74, 6) is 0.309. The summed E-state index contributed by atoms with van der Waals surface area (Å²) in [4.78, 5) is 23.8. The summed E-state index contributed by atoms with van der Waals surface area (Å²) in [5, 5.41) is 14.6. The zero-order valence-corrected chi connectivity index (χ0v) is 18.9. The van der Waals surface area contributed by atoms with Gasteiger partial charge in [-0.25, -0.2) is 4.39 Å². The van der Waals surface area contributed by atoms with E-state index in [0.29, 0.717) is 35.1 Å². The predicted octanol–water partition coefficient (Wildman–Crippen LogP) is 6.02. The normalized spacial score (nSPS) is 26.7. The third-order valence-corrected chi connectivity index (χ3v) is 8.48. The standard InChI is InChI=1S/C25H30FNO3S/c1-25(2)16-11-15(7-5-3-4-6-8-22(28)29)23(20(25)12-16)27-24(30)19-14-31-21-10-9-17(26)13-18(19)21/h3,5,9-10,13-16,20,23H,4,6-8,11-12H2,1-2H3,(H,27,30)(H,28,29)/b5-3-/t15-,16-,20-,23+/m0/s1. The molecule has 1 aromatic carbocycles. The number of allylic oxidation sites excluding steroid dienone is 2. The number of carboxylic acid groups (broad SMARTS) is 1. The van der Waals surface area contributed by atoms with E-state index >= 15 is 0 Å². The largest absolute Gasteiger partial charge is 0.481 e. The average Bonchev–Trinajstić information content (AvgIpc) is 3.13. The fraction of sp³-hybridized carbons (Fsp3) is 0.520. The van der Waals surface area contributed by atoms with Gasteiger partial charge in [-0.15, -0.1) is 11.3 Å². The van der Waals surface area contributed by atoms with E-state index in [1.165, 1.54) is 23.5 Å². The Hall–Kier alpha value is -2.21. The number of thiophene rings is 1. The number of aliphatic carboxylic acids is 1. The number of nitrogens with one attached hydrogen (secondary N) is 1. The third-order valence-electron chi connectivity index (χ3n) is 7.52. The van der Waals surface area contributed by atoms with Crippen molar-refractivity contribution in [3.05, 3.63) is 47.1 Å². The van der Waals surface area contributed by atoms with Crippen molar-refractivity contribution in [2.24, 2.45) is 23.2 Å². The number of carbonyl (C=O) groups is 2. The van der Waals surface area contributed by atoms with Crippen LogP contribution in [0, 0.1) is 29.0 Å². The van der Waals surface area contributed by atoms with Crippen LogP contribution in [-0.2, 0) is 4.79 Å². The Balaban J connectivity index is 1.46. The maximum atomic E-state index is 13.8. The Morgan fingerprint density at radius 2 is 2.10 bits per heavy atom. The molecule has 5 rings (SSSR count). The molecule has 6 heteroatoms. The van der Waals surface area contributed by atoms with E-state index in [2.05, 4.69) is 31.3 Å². The number of hydrogen-bond acceptors (Lipinski definition) is 3. The molecule has 3 saturated carbocycles. The lowest BCUT2D eigenvalue weighted by atomic mass is 9.44. The van der Waals surface area contributed by atoms with Gasteiger partial charge in [0.15, 0.2) is 0 Å². The Morgan fingerprint density at radius 3 is 2.84 bits per heavy atom. The molecule has 4 nitrogen and oxygen atoms in total. The van der Waals surface area contributed by atoms with Crippen LogP contribution in [-0.4, -0.2) is 23.0 Å². The molecular formula is C25H30FNO3S. The second-order valence-corrected chi connectivity index (χ2v) is 10.5. The lowest BCUT2D eigenvalue weighted by Crippen LogP contribution is -2.63. The van der Waals surface area contributed by atoms with Crippen LogP contribution in [0.3, 0.4) is 0 Å². The second kappa shape index (κ2) is 8.73. The minimum atomic E-state index is -0.758. The van der Waals surface area contributed by atoms with Crippen LogP contribution in [0.15, 0.2) is 35.7 Å². The van der Waals surface area contributed by atoms with E-state index < -0.39 is 5.97 Å². The van der Waals surface area contributed by atoms with Gasteiger partial charge in [-0.05, 0) is 73.5 Å². The van der Waals surface area contributed by atoms with Gasteiger partial charge >= 0.3 is 5.97 Å². The van der Waals surface area contributed by atoms with Crippen LogP contribution in [0.4, 0.5) is 4.39 Å². The van der Waals surface area contributed by atoms with Crippen molar-refractivity contribution >= 4 is 33.3 Å². The van der Waals surface area contributed by atoms with E-state index in [4.69, 9.17) is 5.11 Å². The van der Waals surface area contributed by atoms with Crippen LogP contribution < -0.4 is 5.32 Å². The first-order chi connectivity index (χ1) is 14.8. The molecule has 0 spiro atoms. The van der Waals surface area contributed by atoms with Gasteiger partial charge in [-0.2, -0.15) is 0 Å². The van der Waals surface area contributed by atoms with Gasteiger partial charge in [0.1, 0.15) is 5.82 Å². The number of carboxylic acids is 1. The Bertz CT molecular complexity index is 1010. The number of fused-ring (bicyclic) bond motifs is 3. The van der Waals surface area contributed by atoms with E-state index in [-0.39, 0.29) is 29.6 Å². The number of carbonyl (C=O) groups excluding carboxylic acids is 1. The Kier molecular flexibility index (Phi) is 6.20. The monoisotopic (exact) mass is 443 g/mol. The molecule has 4 atom stereocenters. The van der Waals surface area contributed by atoms with Crippen LogP contribution in [0.2, 0.25) is 0 Å². The van der Waals surface area contributed by atoms with E-state index in [1.54, 1.807) is 6.07 Å². The molecule has 1 amide bonds. The van der Waals surface area contributed by atoms with Crippen LogP contribution >= 0.6 is 11.3 Å². The van der Waals surface area contributed by atoms with E-state index in [1.807, 2.05) is 5.38 Å². The SMILES string of the molecule is CC1(C)[C@H]2C[C@H](C/C=C\CCCC(=O)O)[C@@H](NC(=O)c3csc4ccc(F)cc34)[C@@H]1C2. The molecule has 3 aliphatic carbocycles. The first-order valence-electron chi connectivity index (χ1n) is 11.1. The average molecular weight is 444 g/mol. The van der Waals surface area contributed by atoms with Crippen molar-refractivity contribution in [3.8, 4) is 0 Å². The summed E-state index contributed by atoms with van der Waals surface area (Å²) in [7, 11) is 0. The summed E-state index contributed by atoms with van der Waals surface area (Å²) in [6.07, 6.45) is 8.96. The Labute approximate surface area is 186 Å². The molecule has 1 heterocycles. The van der Waals surface area contributed by atoms with Gasteiger partial charge in [0.05, 0.1) is 5.56 Å². The van der Waals surface area contributed by atoms with Crippen molar-refractivity contribution in [2.75, 3.05) is 0 Å². The van der Waals surface area contributed by atoms with Crippen molar-refractivity contribution < 1.29 is 19.1 Å². The summed E-state index contributed by atoms with van der Waals surface area (Å²) in [5.41, 5.74) is 0.782. The first kappa shape index (κ1) is 22.0. The van der Waals surface area contributed by atoms with Crippen molar-refractivity contribution in [3.63, 3.8) is 0 Å². The van der Waals surface area contributed by atoms with Crippen LogP contribution in [0.5, 0.6) is 0 Å². The van der Waals surface area contributed by atoms with Crippen LogP contribution in [0.25, 0.3) is 10.1 Å². The molecule has 166 valence electrons. The molecule has 0 radical (unpaired) electrons. The molecule has 31 heavy (non-hydrogen) atoms. The maximum Gasteiger partial charge on any atom is 0.303 e. The highest BCUT2D eigenvalue weighted by atomic mass is 32.1. The Morgan fingerprint density at radius 1 is 1.29 bits per heavy atom. The third kappa shape index (κ3) is 4.40. The van der Waals surface area contributed by atoms with Crippen molar-refractivity contribution in [1.82, 2.24) is 5.32 Å². The molecular weight excluding hydrogens is 413 g/mol. The number of amides is 1. The van der Waals surface area contributed by atoms with E-state index in [9.17, 15) is 14.0 Å². The molecule has 3 aliphatic rings. The number of benzene rings is 1. The maximum absolute atomic E-state index is 13.8. The minimum Gasteiger partial charge on any atom is -0.481 e. The highest BCUT2D eigenvalue weighted by molar-refractivity contribution is 7.17. The molecule has 1 aromatic heterocycles. The minimum absolute atomic E-state index is 0.0969. The van der Waals surface area contributed by atoms with Gasteiger partial charge in [0.25, 0.3) is 5.91 Å².